The number of aryl methyl sites for hydroxylation is 1. The molecule has 48 heavy (non-hydrogen) atoms. The number of fused-ring (bicyclic) bond motifs is 1. The minimum Gasteiger partial charge on any atom is -0.465 e. The molecule has 2 aromatic heterocycles. The van der Waals surface area contributed by atoms with Gasteiger partial charge in [0.05, 0.1) is 29.7 Å². The van der Waals surface area contributed by atoms with Gasteiger partial charge in [-0.2, -0.15) is 0 Å². The van der Waals surface area contributed by atoms with E-state index in [9.17, 15) is 27.1 Å². The van der Waals surface area contributed by atoms with Crippen molar-refractivity contribution < 1.29 is 36.2 Å². The first-order valence-electron chi connectivity index (χ1n) is 14.7. The van der Waals surface area contributed by atoms with E-state index >= 15 is 4.39 Å². The van der Waals surface area contributed by atoms with E-state index in [4.69, 9.17) is 4.74 Å². The van der Waals surface area contributed by atoms with Crippen molar-refractivity contribution in [3.05, 3.63) is 96.3 Å². The van der Waals surface area contributed by atoms with E-state index in [0.717, 1.165) is 23.3 Å². The maximum atomic E-state index is 15.6. The molecule has 2 atom stereocenters. The Balaban J connectivity index is 1.39. The predicted molar refractivity (Wildman–Crippen MR) is 174 cm³/mol. The molecule has 0 aliphatic carbocycles. The third kappa shape index (κ3) is 6.53. The molecule has 1 saturated heterocycles. The Morgan fingerprint density at radius 1 is 0.979 bits per heavy atom. The van der Waals surface area contributed by atoms with Crippen LogP contribution in [-0.2, 0) is 10.0 Å². The van der Waals surface area contributed by atoms with Crippen molar-refractivity contribution in [2.75, 3.05) is 29.0 Å². The smallest absolute Gasteiger partial charge is 0.407 e. The number of para-hydroxylation sites is 1. The molecule has 1 amide bonds. The lowest BCUT2D eigenvalue weighted by Gasteiger charge is -2.33. The predicted octanol–water partition coefficient (Wildman–Crippen LogP) is 6.67. The Hall–Kier alpha value is -5.44. The van der Waals surface area contributed by atoms with Crippen LogP contribution in [0.25, 0.3) is 22.0 Å². The second kappa shape index (κ2) is 13.0. The summed E-state index contributed by atoms with van der Waals surface area (Å²) in [5.74, 6) is -1.26. The van der Waals surface area contributed by atoms with Crippen molar-refractivity contribution in [1.29, 1.82) is 0 Å². The van der Waals surface area contributed by atoms with Crippen molar-refractivity contribution in [1.82, 2.24) is 19.9 Å². The van der Waals surface area contributed by atoms with Crippen molar-refractivity contribution in [2.24, 2.45) is 0 Å². The van der Waals surface area contributed by atoms with Crippen LogP contribution in [0, 0.1) is 18.6 Å². The number of amides is 1. The lowest BCUT2D eigenvalue weighted by atomic mass is 10.0. The number of aromatic nitrogens is 3. The normalized spacial score (nSPS) is 16.5. The number of anilines is 3. The van der Waals surface area contributed by atoms with Gasteiger partial charge in [-0.1, -0.05) is 24.3 Å². The zero-order valence-electron chi connectivity index (χ0n) is 25.6. The van der Waals surface area contributed by atoms with E-state index in [1.54, 1.807) is 31.2 Å². The molecule has 11 nitrogen and oxygen atoms in total. The highest BCUT2D eigenvalue weighted by molar-refractivity contribution is 7.92. The van der Waals surface area contributed by atoms with Crippen LogP contribution in [0.3, 0.4) is 0 Å². The van der Waals surface area contributed by atoms with Crippen LogP contribution in [-0.4, -0.2) is 71.0 Å². The Labute approximate surface area is 273 Å². The highest BCUT2D eigenvalue weighted by atomic mass is 32.2. The summed E-state index contributed by atoms with van der Waals surface area (Å²) in [6.45, 7) is 1.60. The zero-order valence-corrected chi connectivity index (χ0v) is 26.5. The van der Waals surface area contributed by atoms with Gasteiger partial charge in [-0.05, 0) is 55.0 Å². The highest BCUT2D eigenvalue weighted by Crippen LogP contribution is 2.43. The van der Waals surface area contributed by atoms with Gasteiger partial charge in [-0.15, -0.1) is 0 Å². The van der Waals surface area contributed by atoms with Gasteiger partial charge in [0.1, 0.15) is 29.2 Å². The number of halogens is 3. The van der Waals surface area contributed by atoms with Gasteiger partial charge in [0, 0.05) is 42.2 Å². The van der Waals surface area contributed by atoms with E-state index < -0.39 is 40.0 Å². The van der Waals surface area contributed by atoms with Crippen LogP contribution in [0.2, 0.25) is 0 Å². The lowest BCUT2D eigenvalue weighted by molar-refractivity contribution is 0.102. The average Bonchev–Trinajstić information content (AvgIpc) is 3.04. The van der Waals surface area contributed by atoms with Crippen LogP contribution in [0.5, 0.6) is 11.6 Å². The number of pyridine rings is 1. The molecule has 5 aromatic rings. The van der Waals surface area contributed by atoms with E-state index in [-0.39, 0.29) is 53.8 Å². The molecule has 0 spiro atoms. The average molecular weight is 679 g/mol. The molecule has 1 aliphatic rings. The van der Waals surface area contributed by atoms with Gasteiger partial charge in [0.2, 0.25) is 21.9 Å². The first-order valence-corrected chi connectivity index (χ1v) is 16.6. The van der Waals surface area contributed by atoms with Gasteiger partial charge in [0.15, 0.2) is 0 Å². The molecule has 3 aromatic carbocycles. The number of ether oxygens (including phenoxy) is 1. The zero-order chi connectivity index (χ0) is 34.2. The van der Waals surface area contributed by atoms with Crippen molar-refractivity contribution in [2.45, 2.75) is 25.6 Å². The third-order valence-corrected chi connectivity index (χ3v) is 8.82. The Bertz CT molecular complexity index is 2140. The fraction of sp³-hybridized carbons (Fsp3) is 0.212. The molecule has 248 valence electrons. The van der Waals surface area contributed by atoms with E-state index in [2.05, 4.69) is 20.3 Å². The molecule has 1 aliphatic heterocycles. The monoisotopic (exact) mass is 678 g/mol. The number of carbonyl (C=O) groups is 1. The van der Waals surface area contributed by atoms with Crippen molar-refractivity contribution >= 4 is 44.2 Å². The van der Waals surface area contributed by atoms with Crippen LogP contribution in [0.15, 0.2) is 79.1 Å². The first kappa shape index (κ1) is 32.5. The summed E-state index contributed by atoms with van der Waals surface area (Å²) in [5.41, 5.74) is 0.702. The lowest BCUT2D eigenvalue weighted by Crippen LogP contribution is -2.49. The quantitative estimate of drug-likeness (QED) is 0.184. The molecule has 15 heteroatoms. The van der Waals surface area contributed by atoms with Gasteiger partial charge in [0.25, 0.3) is 0 Å². The number of nitrogens with zero attached hydrogens (tertiary/aromatic N) is 5. The maximum Gasteiger partial charge on any atom is 0.407 e. The maximum absolute atomic E-state index is 15.6. The summed E-state index contributed by atoms with van der Waals surface area (Å²) in [6.07, 6.45) is 1.36. The summed E-state index contributed by atoms with van der Waals surface area (Å²) >= 11 is 0. The van der Waals surface area contributed by atoms with Crippen LogP contribution in [0.1, 0.15) is 12.0 Å². The summed E-state index contributed by atoms with van der Waals surface area (Å²) < 4.78 is 77.8. The molecular weight excluding hydrogens is 649 g/mol. The molecule has 0 unspecified atom stereocenters. The van der Waals surface area contributed by atoms with Crippen LogP contribution < -0.4 is 14.4 Å². The van der Waals surface area contributed by atoms with Crippen molar-refractivity contribution in [3.8, 4) is 22.9 Å². The van der Waals surface area contributed by atoms with Gasteiger partial charge < -0.3 is 20.1 Å². The third-order valence-electron chi connectivity index (χ3n) is 7.78. The van der Waals surface area contributed by atoms with E-state index in [0.29, 0.717) is 26.5 Å². The Morgan fingerprint density at radius 2 is 1.75 bits per heavy atom. The molecule has 6 rings (SSSR count). The summed E-state index contributed by atoms with van der Waals surface area (Å²) in [5, 5.41) is 12.8. The Kier molecular flexibility index (Phi) is 8.79. The summed E-state index contributed by atoms with van der Waals surface area (Å²) in [7, 11) is -4.23. The first-order chi connectivity index (χ1) is 22.9. The SMILES string of the molecule is Cc1ccc2c(N(c3ccccc3F)S(C)(=O)=O)c(F)ccc2c1Oc1ncccc1-c1ccnc(N[C@@H]2C[C@@H](F)CN(C(=O)O)C2)n1. The number of benzene rings is 3. The largest absolute Gasteiger partial charge is 0.465 e. The van der Waals surface area contributed by atoms with Crippen molar-refractivity contribution in [3.63, 3.8) is 0 Å². The molecule has 0 saturated carbocycles. The summed E-state index contributed by atoms with van der Waals surface area (Å²) in [6, 6.07) is 15.3. The molecule has 1 fully saturated rings. The second-order valence-corrected chi connectivity index (χ2v) is 13.1. The minimum atomic E-state index is -4.23. The molecule has 3 heterocycles. The number of hydrogen-bond donors (Lipinski definition) is 2. The van der Waals surface area contributed by atoms with Crippen LogP contribution in [0.4, 0.5) is 35.3 Å². The topological polar surface area (TPSA) is 138 Å². The fourth-order valence-corrected chi connectivity index (χ4v) is 6.71. The number of nitrogens with one attached hydrogen (secondary N) is 1. The Morgan fingerprint density at radius 3 is 2.50 bits per heavy atom. The van der Waals surface area contributed by atoms with Gasteiger partial charge in [-0.3, -0.25) is 0 Å². The molecular formula is C33H29F3N6O5S. The molecule has 0 radical (unpaired) electrons. The highest BCUT2D eigenvalue weighted by Gasteiger charge is 2.31. The van der Waals surface area contributed by atoms with Gasteiger partial charge in [-0.25, -0.2) is 45.6 Å². The number of sulfonamides is 1. The number of alkyl halides is 1. The minimum absolute atomic E-state index is 0.0568. The van der Waals surface area contributed by atoms with Crippen LogP contribution >= 0.6 is 0 Å². The molecule has 0 bridgehead atoms. The number of rotatable bonds is 8. The standard InChI is InChI=1S/C33H29F3N6O5S/c1-19-9-10-22-23(11-12-26(36)29(22)42(48(2,45)46)28-8-4-3-7-25(28)35)30(19)47-31-24(6-5-14-37-31)27-13-15-38-32(40-27)39-21-16-20(34)17-41(18-21)33(43)44/h3-15,20-21H,16-18H2,1-2H3,(H,43,44)(H,38,39,40)/t20-,21-/m1/s1. The molecule has 2 N–H and O–H groups in total. The number of piperidine rings is 1. The number of carboxylic acid groups (broad SMARTS) is 1. The number of hydrogen-bond acceptors (Lipinski definition) is 8. The van der Waals surface area contributed by atoms with Gasteiger partial charge >= 0.3 is 6.09 Å². The van der Waals surface area contributed by atoms with E-state index in [1.165, 1.54) is 42.7 Å². The summed E-state index contributed by atoms with van der Waals surface area (Å²) in [4.78, 5) is 25.6. The second-order valence-electron chi connectivity index (χ2n) is 11.3. The van der Waals surface area contributed by atoms with E-state index in [1.807, 2.05) is 0 Å². The number of likely N-dealkylation sites (tertiary alicyclic amines) is 1. The fourth-order valence-electron chi connectivity index (χ4n) is 5.69.